The van der Waals surface area contributed by atoms with Crippen LogP contribution in [0.25, 0.3) is 0 Å². The summed E-state index contributed by atoms with van der Waals surface area (Å²) in [7, 11) is 0. The fourth-order valence-electron chi connectivity index (χ4n) is 2.40. The van der Waals surface area contributed by atoms with Gasteiger partial charge in [-0.3, -0.25) is 4.79 Å². The summed E-state index contributed by atoms with van der Waals surface area (Å²) in [6, 6.07) is 0. The van der Waals surface area contributed by atoms with Crippen LogP contribution in [0.2, 0.25) is 0 Å². The fourth-order valence-corrected chi connectivity index (χ4v) is 2.40. The molecule has 1 heterocycles. The van der Waals surface area contributed by atoms with Crippen LogP contribution in [-0.2, 0) is 9.53 Å². The second kappa shape index (κ2) is 4.89. The lowest BCUT2D eigenvalue weighted by molar-refractivity contribution is -0.132. The van der Waals surface area contributed by atoms with Gasteiger partial charge in [-0.25, -0.2) is 0 Å². The first-order valence-corrected chi connectivity index (χ1v) is 5.71. The van der Waals surface area contributed by atoms with Crippen molar-refractivity contribution in [3.63, 3.8) is 0 Å². The highest BCUT2D eigenvalue weighted by Crippen LogP contribution is 2.28. The summed E-state index contributed by atoms with van der Waals surface area (Å²) in [6.07, 6.45) is 5.68. The summed E-state index contributed by atoms with van der Waals surface area (Å²) in [5.41, 5.74) is 0. The standard InChI is InChI=1S/C11H19NO2/c13-10(7-9-3-1-2-4-9)11-8-12-5-6-14-11/h9,11-12H,1-8H2. The van der Waals surface area contributed by atoms with E-state index >= 15 is 0 Å². The third-order valence-electron chi connectivity index (χ3n) is 3.25. The van der Waals surface area contributed by atoms with Crippen molar-refractivity contribution in [1.29, 1.82) is 0 Å². The molecule has 0 amide bonds. The Bertz CT molecular complexity index is 193. The van der Waals surface area contributed by atoms with E-state index in [1.807, 2.05) is 0 Å². The molecule has 2 aliphatic rings. The molecule has 0 bridgehead atoms. The van der Waals surface area contributed by atoms with Gasteiger partial charge < -0.3 is 10.1 Å². The lowest BCUT2D eigenvalue weighted by Gasteiger charge is -2.23. The molecule has 0 aromatic carbocycles. The zero-order valence-electron chi connectivity index (χ0n) is 8.63. The van der Waals surface area contributed by atoms with Gasteiger partial charge in [-0.2, -0.15) is 0 Å². The van der Waals surface area contributed by atoms with E-state index in [4.69, 9.17) is 4.74 Å². The van der Waals surface area contributed by atoms with Gasteiger partial charge in [0.15, 0.2) is 5.78 Å². The number of morpholine rings is 1. The Kier molecular flexibility index (Phi) is 3.54. The Balaban J connectivity index is 1.75. The SMILES string of the molecule is O=C(CC1CCCC1)C1CNCCO1. The maximum Gasteiger partial charge on any atom is 0.163 e. The van der Waals surface area contributed by atoms with Crippen molar-refractivity contribution in [3.05, 3.63) is 0 Å². The summed E-state index contributed by atoms with van der Waals surface area (Å²) in [5, 5.41) is 3.19. The minimum absolute atomic E-state index is 0.163. The van der Waals surface area contributed by atoms with Gasteiger partial charge in [0.25, 0.3) is 0 Å². The Morgan fingerprint density at radius 2 is 2.14 bits per heavy atom. The van der Waals surface area contributed by atoms with Crippen LogP contribution in [0.3, 0.4) is 0 Å². The smallest absolute Gasteiger partial charge is 0.163 e. The van der Waals surface area contributed by atoms with Crippen molar-refractivity contribution in [2.24, 2.45) is 5.92 Å². The Hall–Kier alpha value is -0.410. The predicted octanol–water partition coefficient (Wildman–Crippen LogP) is 1.12. The molecule has 2 rings (SSSR count). The van der Waals surface area contributed by atoms with Crippen molar-refractivity contribution in [3.8, 4) is 0 Å². The molecular weight excluding hydrogens is 178 g/mol. The van der Waals surface area contributed by atoms with Gasteiger partial charge in [-0.15, -0.1) is 0 Å². The monoisotopic (exact) mass is 197 g/mol. The maximum atomic E-state index is 11.8. The van der Waals surface area contributed by atoms with Crippen LogP contribution in [0.5, 0.6) is 0 Å². The molecule has 2 fully saturated rings. The van der Waals surface area contributed by atoms with E-state index in [0.717, 1.165) is 13.0 Å². The molecule has 3 heteroatoms. The van der Waals surface area contributed by atoms with Gasteiger partial charge in [0.2, 0.25) is 0 Å². The van der Waals surface area contributed by atoms with Crippen molar-refractivity contribution in [2.75, 3.05) is 19.7 Å². The first-order valence-electron chi connectivity index (χ1n) is 5.71. The molecule has 1 saturated heterocycles. The molecule has 3 nitrogen and oxygen atoms in total. The first-order chi connectivity index (χ1) is 6.86. The van der Waals surface area contributed by atoms with Crippen molar-refractivity contribution in [1.82, 2.24) is 5.32 Å². The van der Waals surface area contributed by atoms with Gasteiger partial charge in [-0.1, -0.05) is 25.7 Å². The van der Waals surface area contributed by atoms with E-state index < -0.39 is 0 Å². The number of rotatable bonds is 3. The van der Waals surface area contributed by atoms with E-state index in [0.29, 0.717) is 24.9 Å². The number of nitrogens with one attached hydrogen (secondary N) is 1. The molecule has 0 spiro atoms. The number of Topliss-reactive ketones (excluding diaryl/α,β-unsaturated/α-hetero) is 1. The summed E-state index contributed by atoms with van der Waals surface area (Å²) in [5.74, 6) is 0.956. The van der Waals surface area contributed by atoms with Gasteiger partial charge in [0.05, 0.1) is 6.61 Å². The van der Waals surface area contributed by atoms with Gasteiger partial charge in [-0.05, 0) is 5.92 Å². The van der Waals surface area contributed by atoms with E-state index in [-0.39, 0.29) is 6.10 Å². The van der Waals surface area contributed by atoms with Crippen LogP contribution in [0.4, 0.5) is 0 Å². The third-order valence-corrected chi connectivity index (χ3v) is 3.25. The maximum absolute atomic E-state index is 11.8. The van der Waals surface area contributed by atoms with Crippen LogP contribution in [0.15, 0.2) is 0 Å². The van der Waals surface area contributed by atoms with E-state index in [1.165, 1.54) is 25.7 Å². The van der Waals surface area contributed by atoms with Gasteiger partial charge >= 0.3 is 0 Å². The highest BCUT2D eigenvalue weighted by molar-refractivity contribution is 5.83. The predicted molar refractivity (Wildman–Crippen MR) is 54.2 cm³/mol. The van der Waals surface area contributed by atoms with Gasteiger partial charge in [0.1, 0.15) is 6.10 Å². The van der Waals surface area contributed by atoms with E-state index in [9.17, 15) is 4.79 Å². The molecule has 0 aromatic rings. The normalized spacial score (nSPS) is 29.3. The first kappa shape index (κ1) is 10.1. The highest BCUT2D eigenvalue weighted by atomic mass is 16.5. The number of hydrogen-bond acceptors (Lipinski definition) is 3. The average molecular weight is 197 g/mol. The van der Waals surface area contributed by atoms with Crippen LogP contribution in [0.1, 0.15) is 32.1 Å². The lowest BCUT2D eigenvalue weighted by atomic mass is 9.98. The minimum Gasteiger partial charge on any atom is -0.368 e. The van der Waals surface area contributed by atoms with Crippen LogP contribution >= 0.6 is 0 Å². The summed E-state index contributed by atoms with van der Waals surface area (Å²) >= 11 is 0. The summed E-state index contributed by atoms with van der Waals surface area (Å²) in [6.45, 7) is 2.28. The van der Waals surface area contributed by atoms with E-state index in [1.54, 1.807) is 0 Å². The molecule has 1 aliphatic heterocycles. The molecular formula is C11H19NO2. The molecule has 80 valence electrons. The average Bonchev–Trinajstić information content (AvgIpc) is 2.72. The van der Waals surface area contributed by atoms with Crippen LogP contribution in [0, 0.1) is 5.92 Å². The van der Waals surface area contributed by atoms with E-state index in [2.05, 4.69) is 5.32 Å². The highest BCUT2D eigenvalue weighted by Gasteiger charge is 2.25. The zero-order valence-corrected chi connectivity index (χ0v) is 8.63. The third kappa shape index (κ3) is 2.55. The number of ketones is 1. The topological polar surface area (TPSA) is 38.3 Å². The number of hydrogen-bond donors (Lipinski definition) is 1. The van der Waals surface area contributed by atoms with Gasteiger partial charge in [0, 0.05) is 19.5 Å². The Morgan fingerprint density at radius 1 is 1.36 bits per heavy atom. The number of ether oxygens (including phenoxy) is 1. The number of carbonyl (C=O) groups excluding carboxylic acids is 1. The fraction of sp³-hybridized carbons (Fsp3) is 0.909. The number of carbonyl (C=O) groups is 1. The second-order valence-corrected chi connectivity index (χ2v) is 4.38. The van der Waals surface area contributed by atoms with Crippen molar-refractivity contribution < 1.29 is 9.53 Å². The molecule has 0 radical (unpaired) electrons. The second-order valence-electron chi connectivity index (χ2n) is 4.38. The summed E-state index contributed by atoms with van der Waals surface area (Å²) in [4.78, 5) is 11.8. The minimum atomic E-state index is -0.163. The summed E-state index contributed by atoms with van der Waals surface area (Å²) < 4.78 is 5.44. The van der Waals surface area contributed by atoms with Crippen LogP contribution in [-0.4, -0.2) is 31.6 Å². The molecule has 1 aliphatic carbocycles. The molecule has 1 saturated carbocycles. The Labute approximate surface area is 85.2 Å². The van der Waals surface area contributed by atoms with Crippen LogP contribution < -0.4 is 5.32 Å². The largest absolute Gasteiger partial charge is 0.368 e. The molecule has 0 aromatic heterocycles. The quantitative estimate of drug-likeness (QED) is 0.737. The molecule has 1 N–H and O–H groups in total. The van der Waals surface area contributed by atoms with Crippen molar-refractivity contribution >= 4 is 5.78 Å². The lowest BCUT2D eigenvalue weighted by Crippen LogP contribution is -2.43. The molecule has 1 unspecified atom stereocenters. The zero-order chi connectivity index (χ0) is 9.80. The van der Waals surface area contributed by atoms with Crippen molar-refractivity contribution in [2.45, 2.75) is 38.2 Å². The molecule has 1 atom stereocenters. The Morgan fingerprint density at radius 3 is 2.79 bits per heavy atom. The molecule has 14 heavy (non-hydrogen) atoms.